The van der Waals surface area contributed by atoms with E-state index in [4.69, 9.17) is 0 Å². The molecule has 2 N–H and O–H groups in total. The minimum atomic E-state index is 0.0329. The minimum Gasteiger partial charge on any atom is -0.348 e. The zero-order valence-electron chi connectivity index (χ0n) is 10.9. The Bertz CT molecular complexity index is 583. The molecule has 2 aromatic rings. The molecule has 1 amide bonds. The molecular weight excluding hydrogens is 236 g/mol. The van der Waals surface area contributed by atoms with Gasteiger partial charge in [0.15, 0.2) is 0 Å². The molecule has 1 aliphatic rings. The first-order valence-electron chi connectivity index (χ1n) is 6.84. The standard InChI is InChI=1S/C16H18N2O/c19-16(18-13-7-4-10-17-11-13)15-9-3-6-12-5-1-2-8-14(12)15/h1-3,5-6,8-9,13,17H,4,7,10-11H2,(H,18,19)/t13-/m1/s1. The zero-order chi connectivity index (χ0) is 13.1. The van der Waals surface area contributed by atoms with Gasteiger partial charge in [0, 0.05) is 18.2 Å². The van der Waals surface area contributed by atoms with E-state index >= 15 is 0 Å². The van der Waals surface area contributed by atoms with Crippen LogP contribution in [0.25, 0.3) is 10.8 Å². The number of benzene rings is 2. The Morgan fingerprint density at radius 2 is 2.00 bits per heavy atom. The van der Waals surface area contributed by atoms with Gasteiger partial charge in [-0.1, -0.05) is 36.4 Å². The van der Waals surface area contributed by atoms with E-state index in [0.29, 0.717) is 0 Å². The predicted molar refractivity (Wildman–Crippen MR) is 77.3 cm³/mol. The molecule has 3 heteroatoms. The van der Waals surface area contributed by atoms with Crippen molar-refractivity contribution >= 4 is 16.7 Å². The average molecular weight is 254 g/mol. The molecule has 1 saturated heterocycles. The van der Waals surface area contributed by atoms with Crippen LogP contribution < -0.4 is 10.6 Å². The summed E-state index contributed by atoms with van der Waals surface area (Å²) < 4.78 is 0. The van der Waals surface area contributed by atoms with Gasteiger partial charge in [-0.2, -0.15) is 0 Å². The Kier molecular flexibility index (Phi) is 3.47. The Morgan fingerprint density at radius 3 is 2.84 bits per heavy atom. The van der Waals surface area contributed by atoms with Gasteiger partial charge in [-0.25, -0.2) is 0 Å². The Morgan fingerprint density at radius 1 is 1.16 bits per heavy atom. The van der Waals surface area contributed by atoms with Crippen molar-refractivity contribution in [2.45, 2.75) is 18.9 Å². The predicted octanol–water partition coefficient (Wildman–Crippen LogP) is 2.32. The zero-order valence-corrected chi connectivity index (χ0v) is 10.9. The highest BCUT2D eigenvalue weighted by atomic mass is 16.1. The molecule has 3 rings (SSSR count). The van der Waals surface area contributed by atoms with Crippen LogP contribution in [0.4, 0.5) is 0 Å². The van der Waals surface area contributed by atoms with Crippen LogP contribution in [0.2, 0.25) is 0 Å². The molecule has 0 aromatic heterocycles. The van der Waals surface area contributed by atoms with Crippen LogP contribution in [-0.4, -0.2) is 25.0 Å². The smallest absolute Gasteiger partial charge is 0.252 e. The maximum absolute atomic E-state index is 12.4. The largest absolute Gasteiger partial charge is 0.348 e. The summed E-state index contributed by atoms with van der Waals surface area (Å²) in [4.78, 5) is 12.4. The maximum atomic E-state index is 12.4. The van der Waals surface area contributed by atoms with Crippen molar-refractivity contribution in [2.75, 3.05) is 13.1 Å². The van der Waals surface area contributed by atoms with E-state index in [2.05, 4.69) is 10.6 Å². The number of carbonyl (C=O) groups is 1. The monoisotopic (exact) mass is 254 g/mol. The van der Waals surface area contributed by atoms with E-state index < -0.39 is 0 Å². The van der Waals surface area contributed by atoms with Crippen LogP contribution in [0.5, 0.6) is 0 Å². The second-order valence-electron chi connectivity index (χ2n) is 5.04. The van der Waals surface area contributed by atoms with Crippen LogP contribution in [0.3, 0.4) is 0 Å². The van der Waals surface area contributed by atoms with Crippen LogP contribution >= 0.6 is 0 Å². The molecule has 1 heterocycles. The number of hydrogen-bond donors (Lipinski definition) is 2. The van der Waals surface area contributed by atoms with E-state index in [-0.39, 0.29) is 11.9 Å². The minimum absolute atomic E-state index is 0.0329. The lowest BCUT2D eigenvalue weighted by molar-refractivity contribution is 0.0932. The first-order chi connectivity index (χ1) is 9.34. The highest BCUT2D eigenvalue weighted by Crippen LogP contribution is 2.18. The van der Waals surface area contributed by atoms with E-state index in [1.807, 2.05) is 42.5 Å². The summed E-state index contributed by atoms with van der Waals surface area (Å²) >= 11 is 0. The van der Waals surface area contributed by atoms with E-state index in [9.17, 15) is 4.79 Å². The molecule has 1 atom stereocenters. The lowest BCUT2D eigenvalue weighted by Gasteiger charge is -2.24. The van der Waals surface area contributed by atoms with Crippen molar-refractivity contribution in [3.63, 3.8) is 0 Å². The lowest BCUT2D eigenvalue weighted by atomic mass is 10.0. The maximum Gasteiger partial charge on any atom is 0.252 e. The molecule has 19 heavy (non-hydrogen) atoms. The number of rotatable bonds is 2. The van der Waals surface area contributed by atoms with Crippen molar-refractivity contribution in [3.8, 4) is 0 Å². The number of amides is 1. The summed E-state index contributed by atoms with van der Waals surface area (Å²) in [5.74, 6) is 0.0329. The van der Waals surface area contributed by atoms with Crippen LogP contribution in [0.1, 0.15) is 23.2 Å². The molecule has 0 spiro atoms. The fourth-order valence-electron chi connectivity index (χ4n) is 2.66. The number of fused-ring (bicyclic) bond motifs is 1. The summed E-state index contributed by atoms with van der Waals surface area (Å²) in [5, 5.41) is 8.57. The molecule has 0 radical (unpaired) electrons. The van der Waals surface area contributed by atoms with Gasteiger partial charge in [0.1, 0.15) is 0 Å². The van der Waals surface area contributed by atoms with Gasteiger partial charge < -0.3 is 10.6 Å². The van der Waals surface area contributed by atoms with Gasteiger partial charge in [-0.15, -0.1) is 0 Å². The Labute approximate surface area is 113 Å². The van der Waals surface area contributed by atoms with Crippen molar-refractivity contribution in [1.82, 2.24) is 10.6 Å². The molecular formula is C16H18N2O. The van der Waals surface area contributed by atoms with Crippen LogP contribution in [-0.2, 0) is 0 Å². The Hall–Kier alpha value is -1.87. The summed E-state index contributed by atoms with van der Waals surface area (Å²) in [5.41, 5.74) is 0.767. The quantitative estimate of drug-likeness (QED) is 0.863. The second-order valence-corrected chi connectivity index (χ2v) is 5.04. The molecule has 0 unspecified atom stereocenters. The molecule has 98 valence electrons. The highest BCUT2D eigenvalue weighted by Gasteiger charge is 2.17. The summed E-state index contributed by atoms with van der Waals surface area (Å²) in [6.45, 7) is 1.93. The molecule has 0 aliphatic carbocycles. The second kappa shape index (κ2) is 5.41. The Balaban J connectivity index is 1.85. The number of carbonyl (C=O) groups excluding carboxylic acids is 1. The number of nitrogens with one attached hydrogen (secondary N) is 2. The third-order valence-corrected chi connectivity index (χ3v) is 3.67. The third-order valence-electron chi connectivity index (χ3n) is 3.67. The van der Waals surface area contributed by atoms with E-state index in [0.717, 1.165) is 42.3 Å². The summed E-state index contributed by atoms with van der Waals surface area (Å²) in [6, 6.07) is 14.1. The first-order valence-corrected chi connectivity index (χ1v) is 6.84. The number of piperidine rings is 1. The van der Waals surface area contributed by atoms with Gasteiger partial charge in [-0.05, 0) is 36.2 Å². The van der Waals surface area contributed by atoms with Crippen LogP contribution in [0, 0.1) is 0 Å². The van der Waals surface area contributed by atoms with E-state index in [1.165, 1.54) is 0 Å². The molecule has 1 fully saturated rings. The van der Waals surface area contributed by atoms with Crippen molar-refractivity contribution in [3.05, 3.63) is 48.0 Å². The first kappa shape index (κ1) is 12.2. The van der Waals surface area contributed by atoms with Gasteiger partial charge >= 0.3 is 0 Å². The van der Waals surface area contributed by atoms with Gasteiger partial charge in [0.05, 0.1) is 0 Å². The van der Waals surface area contributed by atoms with Crippen molar-refractivity contribution in [1.29, 1.82) is 0 Å². The fourth-order valence-corrected chi connectivity index (χ4v) is 2.66. The molecule has 3 nitrogen and oxygen atoms in total. The van der Waals surface area contributed by atoms with Gasteiger partial charge in [0.2, 0.25) is 0 Å². The molecule has 0 bridgehead atoms. The average Bonchev–Trinajstić information content (AvgIpc) is 2.47. The molecule has 0 saturated carbocycles. The highest BCUT2D eigenvalue weighted by molar-refractivity contribution is 6.07. The molecule has 1 aliphatic heterocycles. The van der Waals surface area contributed by atoms with E-state index in [1.54, 1.807) is 0 Å². The van der Waals surface area contributed by atoms with Crippen LogP contribution in [0.15, 0.2) is 42.5 Å². The summed E-state index contributed by atoms with van der Waals surface area (Å²) in [7, 11) is 0. The third kappa shape index (κ3) is 2.61. The van der Waals surface area contributed by atoms with Crippen molar-refractivity contribution < 1.29 is 4.79 Å². The van der Waals surface area contributed by atoms with Gasteiger partial charge in [0.25, 0.3) is 5.91 Å². The SMILES string of the molecule is O=C(N[C@@H]1CCCNC1)c1cccc2ccccc12. The van der Waals surface area contributed by atoms with Gasteiger partial charge in [-0.3, -0.25) is 4.79 Å². The molecule has 2 aromatic carbocycles. The normalized spacial score (nSPS) is 19.3. The van der Waals surface area contributed by atoms with Crippen molar-refractivity contribution in [2.24, 2.45) is 0 Å². The fraction of sp³-hybridized carbons (Fsp3) is 0.312. The summed E-state index contributed by atoms with van der Waals surface area (Å²) in [6.07, 6.45) is 2.18. The topological polar surface area (TPSA) is 41.1 Å². The lowest BCUT2D eigenvalue weighted by Crippen LogP contribution is -2.45. The number of hydrogen-bond acceptors (Lipinski definition) is 2.